The van der Waals surface area contributed by atoms with Crippen LogP contribution in [0.3, 0.4) is 0 Å². The molecule has 1 spiro atoms. The highest BCUT2D eigenvalue weighted by Crippen LogP contribution is 2.62. The summed E-state index contributed by atoms with van der Waals surface area (Å²) in [6.45, 7) is 4.97. The first kappa shape index (κ1) is 34.8. The summed E-state index contributed by atoms with van der Waals surface area (Å²) in [4.78, 5) is 63.7. The molecule has 11 rings (SSSR count). The smallest absolute Gasteiger partial charge is 0.333 e. The molecule has 4 bridgehead atoms. The number of thioether (sulfide) groups is 1. The molecule has 2 aromatic carbocycles. The Morgan fingerprint density at radius 1 is 1.07 bits per heavy atom. The fourth-order valence-electron chi connectivity index (χ4n) is 10.4. The van der Waals surface area contributed by atoms with E-state index in [4.69, 9.17) is 23.7 Å². The monoisotopic (exact) mass is 768 g/mol. The van der Waals surface area contributed by atoms with Crippen molar-refractivity contribution in [2.24, 2.45) is 0 Å². The van der Waals surface area contributed by atoms with Crippen LogP contribution < -0.4 is 19.5 Å². The maximum atomic E-state index is 14.8. The van der Waals surface area contributed by atoms with E-state index in [9.17, 15) is 24.3 Å². The van der Waals surface area contributed by atoms with E-state index in [2.05, 4.69) is 10.3 Å². The minimum absolute atomic E-state index is 0.00297. The Bertz CT molecular complexity index is 2350. The number of nitrogens with one attached hydrogen (secondary N) is 2. The molecule has 55 heavy (non-hydrogen) atoms. The maximum Gasteiger partial charge on any atom is 0.333 e. The average Bonchev–Trinajstić information content (AvgIpc) is 3.82. The van der Waals surface area contributed by atoms with Gasteiger partial charge >= 0.3 is 11.9 Å². The third-order valence-corrected chi connectivity index (χ3v) is 14.2. The van der Waals surface area contributed by atoms with E-state index in [1.54, 1.807) is 6.92 Å². The summed E-state index contributed by atoms with van der Waals surface area (Å²) in [5.74, 6) is -0.372. The van der Waals surface area contributed by atoms with Gasteiger partial charge in [-0.3, -0.25) is 29.5 Å². The van der Waals surface area contributed by atoms with E-state index in [-0.39, 0.29) is 48.5 Å². The molecule has 1 aromatic heterocycles. The molecule has 2 unspecified atom stereocenters. The van der Waals surface area contributed by atoms with Crippen molar-refractivity contribution in [2.45, 2.75) is 74.8 Å². The number of carbonyl (C=O) groups excluding carboxylic acids is 4. The molecule has 7 aliphatic heterocycles. The van der Waals surface area contributed by atoms with Gasteiger partial charge in [0.1, 0.15) is 18.6 Å². The minimum atomic E-state index is -1.30. The summed E-state index contributed by atoms with van der Waals surface area (Å²) in [6, 6.07) is 5.12. The topological polar surface area (TPSA) is 169 Å². The number of ketones is 2. The van der Waals surface area contributed by atoms with E-state index >= 15 is 0 Å². The molecule has 8 heterocycles. The first-order chi connectivity index (χ1) is 26.5. The van der Waals surface area contributed by atoms with Gasteiger partial charge in [0.2, 0.25) is 12.6 Å². The van der Waals surface area contributed by atoms with Crippen LogP contribution in [0.25, 0.3) is 10.9 Å². The highest BCUT2D eigenvalue weighted by atomic mass is 32.2. The fraction of sp³-hybridized carbons (Fsp3) is 0.450. The molecule has 14 nitrogen and oxygen atoms in total. The summed E-state index contributed by atoms with van der Waals surface area (Å²) >= 11 is 1.45. The van der Waals surface area contributed by atoms with Crippen molar-refractivity contribution in [1.82, 2.24) is 20.1 Å². The average molecular weight is 769 g/mol. The van der Waals surface area contributed by atoms with Crippen molar-refractivity contribution >= 4 is 46.2 Å². The summed E-state index contributed by atoms with van der Waals surface area (Å²) < 4.78 is 30.3. The molecule has 15 heteroatoms. The van der Waals surface area contributed by atoms with Crippen molar-refractivity contribution in [3.63, 3.8) is 0 Å². The lowest BCUT2D eigenvalue weighted by atomic mass is 9.70. The second kappa shape index (κ2) is 12.2. The number of hydrogen-bond acceptors (Lipinski definition) is 14. The lowest BCUT2D eigenvalue weighted by Crippen LogP contribution is -2.73. The van der Waals surface area contributed by atoms with Gasteiger partial charge in [0, 0.05) is 69.6 Å². The highest BCUT2D eigenvalue weighted by molar-refractivity contribution is 7.99. The van der Waals surface area contributed by atoms with Gasteiger partial charge < -0.3 is 33.8 Å². The molecule has 2 saturated heterocycles. The number of piperazine rings is 1. The van der Waals surface area contributed by atoms with Gasteiger partial charge in [0.05, 0.1) is 36.2 Å². The van der Waals surface area contributed by atoms with Crippen LogP contribution in [0.2, 0.25) is 0 Å². The van der Waals surface area contributed by atoms with Crippen LogP contribution in [0.5, 0.6) is 17.2 Å². The minimum Gasteiger partial charge on any atom is -0.492 e. The van der Waals surface area contributed by atoms with Gasteiger partial charge in [-0.2, -0.15) is 0 Å². The SMILES string of the molecule is COC1=C(C)C(=O)C2=C(C1=O)C1C3[C@@H]4SC[C@]5(NCCc6c5[nH]c5ccccc65)C(=O)OC[C@@H](c5c6c(c(C)c(OC(C)=O)c54)OCO6)N3[C@@H](O)[C@H](C2)N1C. The molecule has 286 valence electrons. The molecule has 3 N–H and O–H groups in total. The number of H-pyrrole nitrogens is 1. The summed E-state index contributed by atoms with van der Waals surface area (Å²) in [7, 11) is 3.26. The van der Waals surface area contributed by atoms with Gasteiger partial charge in [-0.15, -0.1) is 11.8 Å². The van der Waals surface area contributed by atoms with Crippen LogP contribution in [0, 0.1) is 6.92 Å². The van der Waals surface area contributed by atoms with Gasteiger partial charge in [0.15, 0.2) is 28.6 Å². The van der Waals surface area contributed by atoms with Crippen LogP contribution in [0.1, 0.15) is 59.5 Å². The van der Waals surface area contributed by atoms with Crippen LogP contribution in [0.4, 0.5) is 0 Å². The molecule has 0 amide bonds. The quantitative estimate of drug-likeness (QED) is 0.198. The number of nitrogens with zero attached hydrogens (tertiary/aromatic N) is 2. The number of fused-ring (bicyclic) bond motifs is 10. The molecule has 7 atom stereocenters. The number of para-hydroxylation sites is 1. The first-order valence-corrected chi connectivity index (χ1v) is 19.6. The standard InChI is InChI=1S/C40H40N4O10S/c1-16-30(46)21-12-23-38(48)44-24-13-51-39(49)40(37-20(10-11-41-40)19-8-6-7-9-22(19)42-37)14-55-36(29(44)28(43(23)4)25(21)31(47)33(16)50-5)27-26(24)35-34(52-15-53-35)17(2)32(27)54-18(3)45/h6-9,23-24,28-29,36,38,41-42,48H,10-15H2,1-5H3/t23-,24-,28?,29?,36+,38-,40+/m0/s1. The van der Waals surface area contributed by atoms with E-state index < -0.39 is 53.1 Å². The van der Waals surface area contributed by atoms with Crippen LogP contribution >= 0.6 is 11.8 Å². The number of hydrogen-bond donors (Lipinski definition) is 3. The van der Waals surface area contributed by atoms with E-state index in [1.165, 1.54) is 25.8 Å². The number of methoxy groups -OCH3 is 1. The Labute approximate surface area is 320 Å². The molecule has 0 radical (unpaired) electrons. The number of esters is 2. The Kier molecular flexibility index (Phi) is 7.69. The lowest BCUT2D eigenvalue weighted by molar-refractivity contribution is -0.181. The summed E-state index contributed by atoms with van der Waals surface area (Å²) in [5.41, 5.74) is 4.09. The molecule has 2 fully saturated rings. The number of aromatic nitrogens is 1. The van der Waals surface area contributed by atoms with Gasteiger partial charge in [-0.05, 0) is 45.4 Å². The number of benzene rings is 2. The number of ether oxygens (including phenoxy) is 5. The summed E-state index contributed by atoms with van der Waals surface area (Å²) in [6.07, 6.45) is -0.343. The Balaban J connectivity index is 1.23. The Morgan fingerprint density at radius 3 is 2.64 bits per heavy atom. The van der Waals surface area contributed by atoms with E-state index in [1.807, 2.05) is 48.0 Å². The number of allylic oxidation sites excluding steroid dienone is 2. The lowest BCUT2D eigenvalue weighted by Gasteiger charge is -2.62. The number of aromatic amines is 1. The first-order valence-electron chi connectivity index (χ1n) is 18.5. The normalized spacial score (nSPS) is 31.3. The second-order valence-electron chi connectivity index (χ2n) is 15.3. The van der Waals surface area contributed by atoms with E-state index in [0.29, 0.717) is 58.1 Å². The number of Topliss-reactive ketones (excluding diaryl/α,β-unsaturated/α-hetero) is 2. The van der Waals surface area contributed by atoms with Crippen LogP contribution in [0.15, 0.2) is 46.7 Å². The highest BCUT2D eigenvalue weighted by Gasteiger charge is 2.63. The van der Waals surface area contributed by atoms with Crippen molar-refractivity contribution < 1.29 is 48.0 Å². The molecule has 0 saturated carbocycles. The van der Waals surface area contributed by atoms with Crippen LogP contribution in [-0.4, -0.2) is 108 Å². The predicted molar refractivity (Wildman–Crippen MR) is 198 cm³/mol. The molecular weight excluding hydrogens is 729 g/mol. The zero-order chi connectivity index (χ0) is 38.2. The maximum absolute atomic E-state index is 14.8. The zero-order valence-electron chi connectivity index (χ0n) is 30.9. The third kappa shape index (κ3) is 4.52. The predicted octanol–water partition coefficient (Wildman–Crippen LogP) is 3.00. The number of aliphatic hydroxyl groups excluding tert-OH is 1. The fourth-order valence-corrected chi connectivity index (χ4v) is 12.1. The van der Waals surface area contributed by atoms with Crippen molar-refractivity contribution in [3.8, 4) is 17.2 Å². The van der Waals surface area contributed by atoms with Gasteiger partial charge in [-0.25, -0.2) is 4.79 Å². The zero-order valence-corrected chi connectivity index (χ0v) is 31.8. The summed E-state index contributed by atoms with van der Waals surface area (Å²) in [5, 5.41) is 16.5. The molecular formula is C40H40N4O10S. The molecule has 3 aromatic rings. The molecule has 1 aliphatic carbocycles. The Hall–Kier alpha value is -4.67. The number of rotatable bonds is 2. The number of aliphatic hydroxyl groups is 1. The van der Waals surface area contributed by atoms with Crippen molar-refractivity contribution in [3.05, 3.63) is 74.7 Å². The van der Waals surface area contributed by atoms with Crippen molar-refractivity contribution in [2.75, 3.05) is 39.9 Å². The number of carbonyl (C=O) groups is 4. The molecule has 8 aliphatic rings. The van der Waals surface area contributed by atoms with Gasteiger partial charge in [-0.1, -0.05) is 18.2 Å². The van der Waals surface area contributed by atoms with Gasteiger partial charge in [0.25, 0.3) is 0 Å². The largest absolute Gasteiger partial charge is 0.492 e. The number of likely N-dealkylation sites (N-methyl/N-ethyl adjacent to an activating group) is 1. The van der Waals surface area contributed by atoms with Crippen molar-refractivity contribution in [1.29, 1.82) is 0 Å². The van der Waals surface area contributed by atoms with E-state index in [0.717, 1.165) is 22.2 Å². The third-order valence-electron chi connectivity index (χ3n) is 12.8. The van der Waals surface area contributed by atoms with Crippen LogP contribution in [-0.2, 0) is 40.6 Å². The second-order valence-corrected chi connectivity index (χ2v) is 16.5. The Morgan fingerprint density at radius 2 is 1.85 bits per heavy atom.